The van der Waals surface area contributed by atoms with Gasteiger partial charge in [-0.25, -0.2) is 0 Å². The zero-order valence-electron chi connectivity index (χ0n) is 14.8. The van der Waals surface area contributed by atoms with Gasteiger partial charge in [0.25, 0.3) is 0 Å². The van der Waals surface area contributed by atoms with Crippen LogP contribution in [0.5, 0.6) is 5.75 Å². The molecule has 5 rings (SSSR count). The summed E-state index contributed by atoms with van der Waals surface area (Å²) in [4.78, 5) is 15.6. The Bertz CT molecular complexity index is 818. The molecule has 0 aromatic heterocycles. The quantitative estimate of drug-likeness (QED) is 0.770. The molecule has 1 saturated heterocycles. The van der Waals surface area contributed by atoms with Crippen molar-refractivity contribution in [3.63, 3.8) is 0 Å². The van der Waals surface area contributed by atoms with Crippen LogP contribution in [0.25, 0.3) is 0 Å². The molecule has 3 aliphatic rings. The topological polar surface area (TPSA) is 24.9 Å². The number of halogens is 1. The second-order valence-corrected chi connectivity index (χ2v) is 7.81. The van der Waals surface area contributed by atoms with Gasteiger partial charge in [-0.2, -0.15) is 4.89 Å². The standard InChI is InChI=1S/C21H23ClN2O2/c22-19-4-1-3-16-15(13-18(16)19)14-23-8-10-24(11-9-23)20-5-2-6-21-17(20)7-12-25-26-21/h1-6,15H,7-14H2/t15-/m0/s1. The van der Waals surface area contributed by atoms with Crippen LogP contribution >= 0.6 is 11.6 Å². The summed E-state index contributed by atoms with van der Waals surface area (Å²) in [5.41, 5.74) is 5.41. The van der Waals surface area contributed by atoms with Crippen molar-refractivity contribution in [3.8, 4) is 5.75 Å². The van der Waals surface area contributed by atoms with Gasteiger partial charge in [0, 0.05) is 61.3 Å². The second-order valence-electron chi connectivity index (χ2n) is 7.41. The largest absolute Gasteiger partial charge is 0.369 e. The molecule has 0 amide bonds. The zero-order valence-corrected chi connectivity index (χ0v) is 15.5. The van der Waals surface area contributed by atoms with E-state index >= 15 is 0 Å². The SMILES string of the molecule is Clc1cccc2c1C[C@H]2CN1CCN(c2cccc3c2CCOO3)CC1. The van der Waals surface area contributed by atoms with Gasteiger partial charge < -0.3 is 9.79 Å². The fourth-order valence-electron chi connectivity index (χ4n) is 4.47. The molecule has 26 heavy (non-hydrogen) atoms. The lowest BCUT2D eigenvalue weighted by atomic mass is 9.77. The first-order chi connectivity index (χ1) is 12.8. The average molecular weight is 371 g/mol. The predicted octanol–water partition coefficient (Wildman–Crippen LogP) is 3.67. The van der Waals surface area contributed by atoms with Crippen molar-refractivity contribution in [2.75, 3.05) is 44.2 Å². The van der Waals surface area contributed by atoms with Crippen molar-refractivity contribution in [2.45, 2.75) is 18.8 Å². The lowest BCUT2D eigenvalue weighted by Gasteiger charge is -2.41. The van der Waals surface area contributed by atoms with Crippen LogP contribution in [0.3, 0.4) is 0 Å². The fourth-order valence-corrected chi connectivity index (χ4v) is 4.73. The summed E-state index contributed by atoms with van der Waals surface area (Å²) in [6.45, 7) is 6.11. The van der Waals surface area contributed by atoms with E-state index in [-0.39, 0.29) is 0 Å². The van der Waals surface area contributed by atoms with Crippen LogP contribution in [0.4, 0.5) is 5.69 Å². The number of anilines is 1. The van der Waals surface area contributed by atoms with Crippen molar-refractivity contribution >= 4 is 17.3 Å². The number of nitrogens with zero attached hydrogens (tertiary/aromatic N) is 2. The Morgan fingerprint density at radius 2 is 1.85 bits per heavy atom. The van der Waals surface area contributed by atoms with Gasteiger partial charge in [0.2, 0.25) is 0 Å². The third kappa shape index (κ3) is 2.86. The summed E-state index contributed by atoms with van der Waals surface area (Å²) in [6.07, 6.45) is 2.05. The Morgan fingerprint density at radius 1 is 1.00 bits per heavy atom. The summed E-state index contributed by atoms with van der Waals surface area (Å²) >= 11 is 6.28. The molecule has 1 atom stereocenters. The lowest BCUT2D eigenvalue weighted by Crippen LogP contribution is -2.48. The summed E-state index contributed by atoms with van der Waals surface area (Å²) in [6, 6.07) is 12.6. The number of hydrogen-bond donors (Lipinski definition) is 0. The predicted molar refractivity (Wildman–Crippen MR) is 103 cm³/mol. The van der Waals surface area contributed by atoms with Crippen molar-refractivity contribution < 1.29 is 9.78 Å². The van der Waals surface area contributed by atoms with E-state index in [9.17, 15) is 0 Å². The molecule has 0 unspecified atom stereocenters. The molecule has 2 aromatic carbocycles. The Balaban J connectivity index is 1.22. The summed E-state index contributed by atoms with van der Waals surface area (Å²) in [5.74, 6) is 1.52. The third-order valence-corrected chi connectivity index (χ3v) is 6.28. The minimum Gasteiger partial charge on any atom is -0.369 e. The van der Waals surface area contributed by atoms with Crippen LogP contribution in [0.15, 0.2) is 36.4 Å². The molecule has 0 spiro atoms. The first-order valence-electron chi connectivity index (χ1n) is 9.45. The first-order valence-corrected chi connectivity index (χ1v) is 9.83. The van der Waals surface area contributed by atoms with E-state index < -0.39 is 0 Å². The number of rotatable bonds is 3. The van der Waals surface area contributed by atoms with E-state index in [1.807, 2.05) is 12.1 Å². The summed E-state index contributed by atoms with van der Waals surface area (Å²) < 4.78 is 0. The third-order valence-electron chi connectivity index (χ3n) is 5.93. The van der Waals surface area contributed by atoms with Crippen LogP contribution in [0.2, 0.25) is 5.02 Å². The van der Waals surface area contributed by atoms with Crippen molar-refractivity contribution in [1.82, 2.24) is 4.90 Å². The van der Waals surface area contributed by atoms with E-state index in [2.05, 4.69) is 34.1 Å². The maximum atomic E-state index is 6.28. The van der Waals surface area contributed by atoms with Gasteiger partial charge in [-0.15, -0.1) is 0 Å². The number of piperazine rings is 1. The minimum absolute atomic E-state index is 0.633. The monoisotopic (exact) mass is 370 g/mol. The molecule has 2 aliphatic heterocycles. The number of hydrogen-bond acceptors (Lipinski definition) is 4. The molecule has 0 N–H and O–H groups in total. The highest BCUT2D eigenvalue weighted by Crippen LogP contribution is 2.40. The fraction of sp³-hybridized carbons (Fsp3) is 0.429. The maximum Gasteiger partial charge on any atom is 0.170 e. The molecule has 2 heterocycles. The van der Waals surface area contributed by atoms with E-state index in [4.69, 9.17) is 21.4 Å². The van der Waals surface area contributed by atoms with Crippen molar-refractivity contribution in [3.05, 3.63) is 58.1 Å². The maximum absolute atomic E-state index is 6.28. The van der Waals surface area contributed by atoms with Gasteiger partial charge in [0.05, 0.1) is 6.61 Å². The molecule has 1 aliphatic carbocycles. The minimum atomic E-state index is 0.633. The normalized spacial score (nSPS) is 22.2. The van der Waals surface area contributed by atoms with Gasteiger partial charge in [0.1, 0.15) is 0 Å². The highest BCUT2D eigenvalue weighted by Gasteiger charge is 2.31. The Labute approximate surface area is 159 Å². The van der Waals surface area contributed by atoms with Crippen molar-refractivity contribution in [2.24, 2.45) is 0 Å². The van der Waals surface area contributed by atoms with Crippen LogP contribution in [-0.2, 0) is 17.7 Å². The molecule has 0 bridgehead atoms. The zero-order chi connectivity index (χ0) is 17.5. The van der Waals surface area contributed by atoms with E-state index in [1.165, 1.54) is 22.4 Å². The molecule has 5 heteroatoms. The average Bonchev–Trinajstić information content (AvgIpc) is 2.67. The first kappa shape index (κ1) is 16.4. The Morgan fingerprint density at radius 3 is 2.73 bits per heavy atom. The van der Waals surface area contributed by atoms with Crippen LogP contribution < -0.4 is 9.79 Å². The molecular formula is C21H23ClN2O2. The molecule has 1 fully saturated rings. The van der Waals surface area contributed by atoms with Crippen LogP contribution in [0, 0.1) is 0 Å². The lowest BCUT2D eigenvalue weighted by molar-refractivity contribution is -0.215. The summed E-state index contributed by atoms with van der Waals surface area (Å²) in [7, 11) is 0. The highest BCUT2D eigenvalue weighted by molar-refractivity contribution is 6.31. The van der Waals surface area contributed by atoms with E-state index in [1.54, 1.807) is 0 Å². The van der Waals surface area contributed by atoms with Gasteiger partial charge in [-0.1, -0.05) is 29.8 Å². The summed E-state index contributed by atoms with van der Waals surface area (Å²) in [5, 5.41) is 0.934. The van der Waals surface area contributed by atoms with Gasteiger partial charge in [-0.05, 0) is 35.7 Å². The molecule has 136 valence electrons. The van der Waals surface area contributed by atoms with E-state index in [0.29, 0.717) is 12.5 Å². The molecule has 2 aromatic rings. The van der Waals surface area contributed by atoms with Gasteiger partial charge in [0.15, 0.2) is 5.75 Å². The molecule has 4 nitrogen and oxygen atoms in total. The number of fused-ring (bicyclic) bond motifs is 2. The van der Waals surface area contributed by atoms with Gasteiger partial charge >= 0.3 is 0 Å². The highest BCUT2D eigenvalue weighted by atomic mass is 35.5. The smallest absolute Gasteiger partial charge is 0.170 e. The molecule has 0 radical (unpaired) electrons. The Hall–Kier alpha value is -1.75. The molecular weight excluding hydrogens is 348 g/mol. The van der Waals surface area contributed by atoms with E-state index in [0.717, 1.165) is 56.3 Å². The van der Waals surface area contributed by atoms with Crippen LogP contribution in [-0.4, -0.2) is 44.2 Å². The van der Waals surface area contributed by atoms with Gasteiger partial charge in [-0.3, -0.25) is 4.90 Å². The molecule has 0 saturated carbocycles. The Kier molecular flexibility index (Phi) is 4.27. The number of benzene rings is 2. The van der Waals surface area contributed by atoms with Crippen LogP contribution in [0.1, 0.15) is 22.6 Å². The van der Waals surface area contributed by atoms with Crippen molar-refractivity contribution in [1.29, 1.82) is 0 Å². The second kappa shape index (κ2) is 6.76.